The maximum atomic E-state index is 6.34. The lowest BCUT2D eigenvalue weighted by Crippen LogP contribution is -2.23. The fourth-order valence-electron chi connectivity index (χ4n) is 2.22. The van der Waals surface area contributed by atoms with Gasteiger partial charge in [0, 0.05) is 11.1 Å². The quantitative estimate of drug-likeness (QED) is 0.743. The Morgan fingerprint density at radius 1 is 1.19 bits per heavy atom. The molecule has 1 aromatic heterocycles. The van der Waals surface area contributed by atoms with E-state index in [1.54, 1.807) is 0 Å². The van der Waals surface area contributed by atoms with Gasteiger partial charge in [-0.1, -0.05) is 48.3 Å². The maximum absolute atomic E-state index is 6.34. The molecule has 21 heavy (non-hydrogen) atoms. The van der Waals surface area contributed by atoms with Crippen molar-refractivity contribution in [3.8, 4) is 5.75 Å². The minimum Gasteiger partial charge on any atom is -0.491 e. The topological polar surface area (TPSA) is 21.3 Å². The fraction of sp³-hybridized carbons (Fsp3) is 0.375. The van der Waals surface area contributed by atoms with Gasteiger partial charge in [0.05, 0.1) is 20.8 Å². The lowest BCUT2D eigenvalue weighted by molar-refractivity contribution is 0.238. The minimum atomic E-state index is -0.0267. The molecule has 1 aromatic carbocycles. The molecule has 5 heteroatoms. The van der Waals surface area contributed by atoms with E-state index in [0.717, 1.165) is 23.4 Å². The highest BCUT2D eigenvalue weighted by atomic mass is 35.5. The van der Waals surface area contributed by atoms with Crippen LogP contribution in [0.15, 0.2) is 30.3 Å². The molecule has 0 aliphatic carbocycles. The van der Waals surface area contributed by atoms with Crippen molar-refractivity contribution < 1.29 is 4.74 Å². The second-order valence-corrected chi connectivity index (χ2v) is 7.26. The van der Waals surface area contributed by atoms with Crippen LogP contribution < -0.4 is 10.1 Å². The van der Waals surface area contributed by atoms with Crippen LogP contribution in [-0.2, 0) is 0 Å². The highest BCUT2D eigenvalue weighted by molar-refractivity contribution is 7.20. The van der Waals surface area contributed by atoms with Crippen LogP contribution in [0, 0.1) is 0 Å². The molecule has 0 amide bonds. The van der Waals surface area contributed by atoms with Crippen LogP contribution in [0.5, 0.6) is 5.75 Å². The Balaban J connectivity index is 2.45. The summed E-state index contributed by atoms with van der Waals surface area (Å²) < 4.78 is 7.34. The van der Waals surface area contributed by atoms with Crippen molar-refractivity contribution >= 4 is 34.5 Å². The molecule has 1 atom stereocenters. The van der Waals surface area contributed by atoms with Crippen molar-refractivity contribution in [2.75, 3.05) is 6.54 Å². The third-order valence-corrected chi connectivity index (χ3v) is 4.51. The molecule has 1 heterocycles. The number of benzene rings is 1. The standard InChI is InChI=1S/C16H19Cl2NOS/c1-4-19-15(12-9-14(17)21-16(12)18)11-7-5-6-8-13(11)20-10(2)3/h5-10,15,19H,4H2,1-3H3. The van der Waals surface area contributed by atoms with Gasteiger partial charge in [0.2, 0.25) is 0 Å². The second kappa shape index (κ2) is 7.50. The Morgan fingerprint density at radius 3 is 2.48 bits per heavy atom. The predicted octanol–water partition coefficient (Wildman–Crippen LogP) is 5.54. The first kappa shape index (κ1) is 16.6. The SMILES string of the molecule is CCNC(c1ccccc1OC(C)C)c1cc(Cl)sc1Cl. The summed E-state index contributed by atoms with van der Waals surface area (Å²) in [6.45, 7) is 6.94. The van der Waals surface area contributed by atoms with Crippen molar-refractivity contribution in [1.29, 1.82) is 0 Å². The van der Waals surface area contributed by atoms with Gasteiger partial charge in [-0.15, -0.1) is 11.3 Å². The molecule has 0 saturated carbocycles. The van der Waals surface area contributed by atoms with Crippen molar-refractivity contribution in [2.45, 2.75) is 32.9 Å². The molecule has 1 unspecified atom stereocenters. The van der Waals surface area contributed by atoms with Gasteiger partial charge in [0.1, 0.15) is 5.75 Å². The zero-order valence-electron chi connectivity index (χ0n) is 12.3. The van der Waals surface area contributed by atoms with E-state index < -0.39 is 0 Å². The van der Waals surface area contributed by atoms with Crippen LogP contribution in [0.25, 0.3) is 0 Å². The van der Waals surface area contributed by atoms with E-state index in [0.29, 0.717) is 8.67 Å². The van der Waals surface area contributed by atoms with E-state index in [9.17, 15) is 0 Å². The largest absolute Gasteiger partial charge is 0.491 e. The summed E-state index contributed by atoms with van der Waals surface area (Å²) in [6, 6.07) is 9.94. The van der Waals surface area contributed by atoms with Gasteiger partial charge in [-0.25, -0.2) is 0 Å². The first-order chi connectivity index (χ1) is 10.0. The molecule has 114 valence electrons. The average Bonchev–Trinajstić information content (AvgIpc) is 2.75. The predicted molar refractivity (Wildman–Crippen MR) is 92.1 cm³/mol. The lowest BCUT2D eigenvalue weighted by atomic mass is 10.00. The first-order valence-corrected chi connectivity index (χ1v) is 8.53. The summed E-state index contributed by atoms with van der Waals surface area (Å²) >= 11 is 13.8. The molecule has 0 bridgehead atoms. The summed E-state index contributed by atoms with van der Waals surface area (Å²) in [7, 11) is 0. The van der Waals surface area contributed by atoms with Gasteiger partial charge in [0.25, 0.3) is 0 Å². The van der Waals surface area contributed by atoms with E-state index in [4.69, 9.17) is 27.9 Å². The molecule has 0 aliphatic rings. The Kier molecular flexibility index (Phi) is 5.94. The Hall–Kier alpha value is -0.740. The molecule has 2 nitrogen and oxygen atoms in total. The number of halogens is 2. The zero-order valence-corrected chi connectivity index (χ0v) is 14.6. The molecular weight excluding hydrogens is 325 g/mol. The summed E-state index contributed by atoms with van der Waals surface area (Å²) in [6.07, 6.45) is 0.120. The highest BCUT2D eigenvalue weighted by Crippen LogP contribution is 2.39. The van der Waals surface area contributed by atoms with Crippen LogP contribution >= 0.6 is 34.5 Å². The third-order valence-electron chi connectivity index (χ3n) is 2.99. The normalized spacial score (nSPS) is 12.7. The maximum Gasteiger partial charge on any atom is 0.124 e. The van der Waals surface area contributed by atoms with Gasteiger partial charge in [-0.05, 0) is 32.5 Å². The average molecular weight is 344 g/mol. The zero-order chi connectivity index (χ0) is 15.4. The Bertz CT molecular complexity index is 598. The van der Waals surface area contributed by atoms with E-state index in [1.807, 2.05) is 38.1 Å². The molecule has 0 aliphatic heterocycles. The van der Waals surface area contributed by atoms with Crippen molar-refractivity contribution in [1.82, 2.24) is 5.32 Å². The van der Waals surface area contributed by atoms with Crippen molar-refractivity contribution in [2.24, 2.45) is 0 Å². The number of ether oxygens (including phenoxy) is 1. The van der Waals surface area contributed by atoms with Crippen LogP contribution in [-0.4, -0.2) is 12.6 Å². The number of para-hydroxylation sites is 1. The molecule has 2 aromatic rings. The molecule has 1 N–H and O–H groups in total. The van der Waals surface area contributed by atoms with E-state index in [-0.39, 0.29) is 12.1 Å². The lowest BCUT2D eigenvalue weighted by Gasteiger charge is -2.22. The molecule has 0 spiro atoms. The molecule has 0 fully saturated rings. The van der Waals surface area contributed by atoms with E-state index in [2.05, 4.69) is 18.3 Å². The number of hydrogen-bond donors (Lipinski definition) is 1. The van der Waals surface area contributed by atoms with Gasteiger partial charge in [-0.2, -0.15) is 0 Å². The molecule has 2 rings (SSSR count). The second-order valence-electron chi connectivity index (χ2n) is 4.97. The third kappa shape index (κ3) is 4.13. The summed E-state index contributed by atoms with van der Waals surface area (Å²) in [4.78, 5) is 0. The van der Waals surface area contributed by atoms with Gasteiger partial charge in [0.15, 0.2) is 0 Å². The van der Waals surface area contributed by atoms with Crippen LogP contribution in [0.1, 0.15) is 37.9 Å². The summed E-state index contributed by atoms with van der Waals surface area (Å²) in [5, 5.41) is 3.47. The Morgan fingerprint density at radius 2 is 1.90 bits per heavy atom. The monoisotopic (exact) mass is 343 g/mol. The van der Waals surface area contributed by atoms with Crippen LogP contribution in [0.2, 0.25) is 8.67 Å². The number of thiophene rings is 1. The van der Waals surface area contributed by atoms with Crippen molar-refractivity contribution in [3.05, 3.63) is 50.1 Å². The first-order valence-electron chi connectivity index (χ1n) is 6.96. The van der Waals surface area contributed by atoms with Gasteiger partial charge >= 0.3 is 0 Å². The number of rotatable bonds is 6. The highest BCUT2D eigenvalue weighted by Gasteiger charge is 2.22. The smallest absolute Gasteiger partial charge is 0.124 e. The van der Waals surface area contributed by atoms with Crippen LogP contribution in [0.4, 0.5) is 0 Å². The van der Waals surface area contributed by atoms with E-state index >= 15 is 0 Å². The number of nitrogens with one attached hydrogen (secondary N) is 1. The number of hydrogen-bond acceptors (Lipinski definition) is 3. The van der Waals surface area contributed by atoms with Gasteiger partial charge < -0.3 is 10.1 Å². The molecule has 0 radical (unpaired) electrons. The van der Waals surface area contributed by atoms with Gasteiger partial charge in [-0.3, -0.25) is 0 Å². The fourth-order valence-corrected chi connectivity index (χ4v) is 3.75. The molecular formula is C16H19Cl2NOS. The van der Waals surface area contributed by atoms with Crippen molar-refractivity contribution in [3.63, 3.8) is 0 Å². The summed E-state index contributed by atoms with van der Waals surface area (Å²) in [5.74, 6) is 0.872. The summed E-state index contributed by atoms with van der Waals surface area (Å²) in [5.41, 5.74) is 2.07. The molecule has 0 saturated heterocycles. The van der Waals surface area contributed by atoms with E-state index in [1.165, 1.54) is 11.3 Å². The Labute approximate surface area is 140 Å². The minimum absolute atomic E-state index is 0.0267. The van der Waals surface area contributed by atoms with Crippen LogP contribution in [0.3, 0.4) is 0 Å².